The highest BCUT2D eigenvalue weighted by Gasteiger charge is 2.48. The molecule has 2 fully saturated rings. The zero-order valence-corrected chi connectivity index (χ0v) is 19.9. The molecule has 2 aromatic heterocycles. The number of rotatable bonds is 3. The summed E-state index contributed by atoms with van der Waals surface area (Å²) in [6.07, 6.45) is 1.68. The molecule has 3 amide bonds. The molecule has 3 aliphatic rings. The molecule has 178 valence electrons. The molecule has 1 spiro atoms. The molecule has 2 aromatic rings. The third-order valence-electron chi connectivity index (χ3n) is 6.88. The summed E-state index contributed by atoms with van der Waals surface area (Å²) in [6.45, 7) is 8.26. The summed E-state index contributed by atoms with van der Waals surface area (Å²) in [7, 11) is 1.80. The Kier molecular flexibility index (Phi) is 4.91. The van der Waals surface area contributed by atoms with Gasteiger partial charge < -0.3 is 10.2 Å². The van der Waals surface area contributed by atoms with Gasteiger partial charge in [-0.05, 0) is 24.7 Å². The Balaban J connectivity index is 1.57. The molecule has 11 heteroatoms. The van der Waals surface area contributed by atoms with Crippen molar-refractivity contribution < 1.29 is 14.4 Å². The molecule has 0 aromatic carbocycles. The Morgan fingerprint density at radius 2 is 1.85 bits per heavy atom. The van der Waals surface area contributed by atoms with Crippen molar-refractivity contribution in [2.24, 2.45) is 5.41 Å². The van der Waals surface area contributed by atoms with Crippen LogP contribution in [0.25, 0.3) is 11.0 Å². The lowest BCUT2D eigenvalue weighted by molar-refractivity contribution is -0.125. The third-order valence-corrected chi connectivity index (χ3v) is 6.88. The molecule has 0 aliphatic carbocycles. The minimum Gasteiger partial charge on any atom is -0.348 e. The van der Waals surface area contributed by atoms with Crippen LogP contribution in [0.4, 0.5) is 10.6 Å². The van der Waals surface area contributed by atoms with Gasteiger partial charge in [0.1, 0.15) is 17.1 Å². The number of nitriles is 1. The van der Waals surface area contributed by atoms with Gasteiger partial charge in [0, 0.05) is 37.9 Å². The number of carbonyl (C=O) groups excluding carboxylic acids is 3. The fraction of sp³-hybridized carbons (Fsp3) is 0.565. The van der Waals surface area contributed by atoms with Crippen molar-refractivity contribution in [2.75, 3.05) is 31.6 Å². The van der Waals surface area contributed by atoms with Crippen LogP contribution in [0.5, 0.6) is 0 Å². The first-order chi connectivity index (χ1) is 16.0. The summed E-state index contributed by atoms with van der Waals surface area (Å²) in [5.41, 5.74) is 2.21. The average molecular weight is 465 g/mol. The number of piperidine rings is 1. The van der Waals surface area contributed by atoms with Crippen molar-refractivity contribution in [1.29, 1.82) is 5.26 Å². The van der Waals surface area contributed by atoms with Crippen LogP contribution in [0.15, 0.2) is 0 Å². The molecule has 0 radical (unpaired) electrons. The lowest BCUT2D eigenvalue weighted by Crippen LogP contribution is -2.54. The summed E-state index contributed by atoms with van der Waals surface area (Å²) in [5, 5.41) is 14.7. The standard InChI is InChI=1S/C23H28N8O3/c1-22(2,3)9-13-14(11-30-7-5-23(6-8-30)20(33)27-21(34)28-23)31-16(32)12-29(4)19-18(31)17(13)25-15(10-24)26-19/h5-9,11-12H2,1-4H3,(H2,27,28,33,34). The predicted molar refractivity (Wildman–Crippen MR) is 123 cm³/mol. The Morgan fingerprint density at radius 3 is 2.44 bits per heavy atom. The number of anilines is 1. The minimum absolute atomic E-state index is 0.0561. The Morgan fingerprint density at radius 1 is 1.15 bits per heavy atom. The van der Waals surface area contributed by atoms with E-state index >= 15 is 0 Å². The number of urea groups is 1. The van der Waals surface area contributed by atoms with Gasteiger partial charge in [-0.25, -0.2) is 9.78 Å². The van der Waals surface area contributed by atoms with Crippen molar-refractivity contribution >= 4 is 34.7 Å². The number of likely N-dealkylation sites (N-methyl/N-ethyl adjacent to an activating group) is 1. The minimum atomic E-state index is -0.848. The monoisotopic (exact) mass is 464 g/mol. The van der Waals surface area contributed by atoms with Gasteiger partial charge in [0.15, 0.2) is 5.82 Å². The Labute approximate surface area is 197 Å². The first-order valence-electron chi connectivity index (χ1n) is 11.5. The molecule has 5 rings (SSSR count). The second-order valence-corrected chi connectivity index (χ2v) is 10.7. The summed E-state index contributed by atoms with van der Waals surface area (Å²) >= 11 is 0. The summed E-state index contributed by atoms with van der Waals surface area (Å²) in [5.74, 6) is 0.353. The number of likely N-dealkylation sites (tertiary alicyclic amines) is 1. The molecular weight excluding hydrogens is 436 g/mol. The van der Waals surface area contributed by atoms with E-state index in [2.05, 4.69) is 52.3 Å². The van der Waals surface area contributed by atoms with E-state index in [-0.39, 0.29) is 29.6 Å². The van der Waals surface area contributed by atoms with E-state index in [1.165, 1.54) is 0 Å². The normalized spacial score (nSPS) is 20.1. The van der Waals surface area contributed by atoms with Crippen LogP contribution in [0.2, 0.25) is 0 Å². The fourth-order valence-electron chi connectivity index (χ4n) is 5.27. The maximum absolute atomic E-state index is 13.2. The molecule has 5 heterocycles. The van der Waals surface area contributed by atoms with E-state index in [0.29, 0.717) is 55.7 Å². The molecule has 2 N–H and O–H groups in total. The van der Waals surface area contributed by atoms with Gasteiger partial charge in [-0.1, -0.05) is 20.8 Å². The van der Waals surface area contributed by atoms with E-state index < -0.39 is 11.6 Å². The van der Waals surface area contributed by atoms with Crippen LogP contribution >= 0.6 is 0 Å². The maximum atomic E-state index is 13.2. The maximum Gasteiger partial charge on any atom is 0.322 e. The zero-order valence-electron chi connectivity index (χ0n) is 19.9. The van der Waals surface area contributed by atoms with Gasteiger partial charge in [0.25, 0.3) is 11.8 Å². The number of hydrogen-bond acceptors (Lipinski definition) is 8. The lowest BCUT2D eigenvalue weighted by atomic mass is 9.86. The number of carbonyl (C=O) groups is 3. The first-order valence-corrected chi connectivity index (χ1v) is 11.5. The van der Waals surface area contributed by atoms with Gasteiger partial charge in [-0.15, -0.1) is 0 Å². The number of hydrogen-bond donors (Lipinski definition) is 2. The number of aromatic nitrogens is 3. The van der Waals surface area contributed by atoms with Crippen LogP contribution in [0.3, 0.4) is 0 Å². The molecule has 34 heavy (non-hydrogen) atoms. The number of imide groups is 1. The molecule has 0 unspecified atom stereocenters. The van der Waals surface area contributed by atoms with Crippen LogP contribution in [0, 0.1) is 16.7 Å². The third kappa shape index (κ3) is 3.49. The molecular formula is C23H28N8O3. The Hall–Kier alpha value is -3.52. The van der Waals surface area contributed by atoms with E-state index in [0.717, 1.165) is 11.3 Å². The van der Waals surface area contributed by atoms with Crippen LogP contribution in [-0.2, 0) is 17.8 Å². The van der Waals surface area contributed by atoms with Gasteiger partial charge in [-0.2, -0.15) is 10.2 Å². The van der Waals surface area contributed by atoms with E-state index in [1.54, 1.807) is 16.5 Å². The Bertz CT molecular complexity index is 1270. The highest BCUT2D eigenvalue weighted by Crippen LogP contribution is 2.38. The molecule has 0 saturated carbocycles. The largest absolute Gasteiger partial charge is 0.348 e. The fourth-order valence-corrected chi connectivity index (χ4v) is 5.27. The highest BCUT2D eigenvalue weighted by molar-refractivity contribution is 6.07. The number of nitrogens with zero attached hydrogens (tertiary/aromatic N) is 6. The number of nitrogens with one attached hydrogen (secondary N) is 2. The zero-order chi connectivity index (χ0) is 24.4. The van der Waals surface area contributed by atoms with E-state index in [9.17, 15) is 19.6 Å². The van der Waals surface area contributed by atoms with Gasteiger partial charge in [0.05, 0.1) is 12.1 Å². The van der Waals surface area contributed by atoms with Crippen LogP contribution in [0.1, 0.15) is 55.5 Å². The molecule has 3 aliphatic heterocycles. The van der Waals surface area contributed by atoms with Gasteiger partial charge >= 0.3 is 6.03 Å². The summed E-state index contributed by atoms with van der Waals surface area (Å²) < 4.78 is 1.74. The second-order valence-electron chi connectivity index (χ2n) is 10.7. The summed E-state index contributed by atoms with van der Waals surface area (Å²) in [6, 6.07) is 1.62. The average Bonchev–Trinajstić information content (AvgIpc) is 3.20. The van der Waals surface area contributed by atoms with Crippen molar-refractivity contribution in [2.45, 2.75) is 52.1 Å². The molecule has 0 bridgehead atoms. The second kappa shape index (κ2) is 7.50. The summed E-state index contributed by atoms with van der Waals surface area (Å²) in [4.78, 5) is 50.2. The van der Waals surface area contributed by atoms with Crippen molar-refractivity contribution in [1.82, 2.24) is 30.1 Å². The lowest BCUT2D eigenvalue weighted by Gasteiger charge is -2.37. The van der Waals surface area contributed by atoms with Gasteiger partial charge in [0.2, 0.25) is 5.82 Å². The van der Waals surface area contributed by atoms with Crippen molar-refractivity contribution in [3.63, 3.8) is 0 Å². The predicted octanol–water partition coefficient (Wildman–Crippen LogP) is 1.16. The SMILES string of the molecule is CN1CC(=O)n2c(CN3CCC4(CC3)NC(=O)NC4=O)c(CC(C)(C)C)c3nc(C#N)nc1c32. The molecule has 11 nitrogen and oxygen atoms in total. The van der Waals surface area contributed by atoms with Crippen molar-refractivity contribution in [3.8, 4) is 6.07 Å². The molecule has 2 saturated heterocycles. The van der Waals surface area contributed by atoms with Crippen LogP contribution in [-0.4, -0.2) is 69.5 Å². The van der Waals surface area contributed by atoms with Gasteiger partial charge in [-0.3, -0.25) is 24.4 Å². The van der Waals surface area contributed by atoms with E-state index in [1.807, 2.05) is 0 Å². The topological polar surface area (TPSA) is 136 Å². The quantitative estimate of drug-likeness (QED) is 0.646. The van der Waals surface area contributed by atoms with Crippen LogP contribution < -0.4 is 15.5 Å². The smallest absolute Gasteiger partial charge is 0.322 e. The van der Waals surface area contributed by atoms with Crippen molar-refractivity contribution in [3.05, 3.63) is 17.1 Å². The number of amides is 3. The first kappa shape index (κ1) is 22.3. The highest BCUT2D eigenvalue weighted by atomic mass is 16.2. The molecule has 0 atom stereocenters. The van der Waals surface area contributed by atoms with E-state index in [4.69, 9.17) is 0 Å².